The Morgan fingerprint density at radius 1 is 1.25 bits per heavy atom. The SMILES string of the molecule is Cc1ccnc(Sc2ccc(CO)cc2C(F)(F)F)n1. The Labute approximate surface area is 117 Å². The van der Waals surface area contributed by atoms with Crippen molar-refractivity contribution >= 4 is 11.8 Å². The van der Waals surface area contributed by atoms with E-state index in [0.29, 0.717) is 5.69 Å². The van der Waals surface area contributed by atoms with Gasteiger partial charge in [-0.05, 0) is 42.4 Å². The Bertz CT molecular complexity index is 617. The van der Waals surface area contributed by atoms with Crippen molar-refractivity contribution < 1.29 is 18.3 Å². The van der Waals surface area contributed by atoms with Gasteiger partial charge in [-0.1, -0.05) is 6.07 Å². The molecule has 0 saturated heterocycles. The normalized spacial score (nSPS) is 11.7. The number of nitrogens with zero attached hydrogens (tertiary/aromatic N) is 2. The lowest BCUT2D eigenvalue weighted by Gasteiger charge is -2.13. The average Bonchev–Trinajstić information content (AvgIpc) is 2.38. The highest BCUT2D eigenvalue weighted by molar-refractivity contribution is 7.99. The number of halogens is 3. The van der Waals surface area contributed by atoms with Crippen LogP contribution in [0.25, 0.3) is 0 Å². The molecule has 1 heterocycles. The molecule has 2 aromatic rings. The quantitative estimate of drug-likeness (QED) is 0.882. The minimum Gasteiger partial charge on any atom is -0.392 e. The van der Waals surface area contributed by atoms with E-state index in [9.17, 15) is 13.2 Å². The molecule has 0 aliphatic carbocycles. The van der Waals surface area contributed by atoms with Crippen molar-refractivity contribution in [2.24, 2.45) is 0 Å². The number of hydrogen-bond acceptors (Lipinski definition) is 4. The van der Waals surface area contributed by atoms with Crippen LogP contribution in [0.5, 0.6) is 0 Å². The summed E-state index contributed by atoms with van der Waals surface area (Å²) in [6, 6.07) is 5.39. The van der Waals surface area contributed by atoms with Crippen molar-refractivity contribution in [1.82, 2.24) is 9.97 Å². The Morgan fingerprint density at radius 3 is 2.60 bits per heavy atom. The Kier molecular flexibility index (Phi) is 4.29. The minimum atomic E-state index is -4.49. The first-order valence-corrected chi connectivity index (χ1v) is 6.50. The fourth-order valence-electron chi connectivity index (χ4n) is 1.56. The predicted molar refractivity (Wildman–Crippen MR) is 68.3 cm³/mol. The number of aliphatic hydroxyl groups excluding tert-OH is 1. The van der Waals surface area contributed by atoms with Gasteiger partial charge in [0.1, 0.15) is 0 Å². The standard InChI is InChI=1S/C13H11F3N2OS/c1-8-4-5-17-12(18-8)20-11-3-2-9(7-19)6-10(11)13(14,15)16/h2-6,19H,7H2,1H3. The molecular formula is C13H11F3N2OS. The molecule has 0 aliphatic rings. The highest BCUT2D eigenvalue weighted by Gasteiger charge is 2.34. The number of aliphatic hydroxyl groups is 1. The lowest BCUT2D eigenvalue weighted by Crippen LogP contribution is -2.08. The fraction of sp³-hybridized carbons (Fsp3) is 0.231. The van der Waals surface area contributed by atoms with Gasteiger partial charge in [0, 0.05) is 16.8 Å². The predicted octanol–water partition coefficient (Wildman–Crippen LogP) is 3.45. The van der Waals surface area contributed by atoms with Gasteiger partial charge in [-0.25, -0.2) is 9.97 Å². The second-order valence-electron chi connectivity index (χ2n) is 4.07. The molecule has 0 saturated carbocycles. The number of aryl methyl sites for hydroxylation is 1. The van der Waals surface area contributed by atoms with E-state index in [2.05, 4.69) is 9.97 Å². The first kappa shape index (κ1) is 14.8. The molecule has 0 spiro atoms. The van der Waals surface area contributed by atoms with Crippen LogP contribution in [0.3, 0.4) is 0 Å². The fourth-order valence-corrected chi connectivity index (χ4v) is 2.48. The van der Waals surface area contributed by atoms with Gasteiger partial charge in [-0.2, -0.15) is 13.2 Å². The maximum Gasteiger partial charge on any atom is 0.417 e. The highest BCUT2D eigenvalue weighted by Crippen LogP contribution is 2.39. The largest absolute Gasteiger partial charge is 0.417 e. The minimum absolute atomic E-state index is 0.0142. The van der Waals surface area contributed by atoms with Crippen LogP contribution in [-0.2, 0) is 12.8 Å². The van der Waals surface area contributed by atoms with E-state index < -0.39 is 18.3 Å². The zero-order valence-electron chi connectivity index (χ0n) is 10.5. The molecule has 1 N–H and O–H groups in total. The molecule has 1 aromatic carbocycles. The molecule has 0 fully saturated rings. The summed E-state index contributed by atoms with van der Waals surface area (Å²) in [7, 11) is 0. The first-order valence-electron chi connectivity index (χ1n) is 5.68. The molecule has 0 bridgehead atoms. The van der Waals surface area contributed by atoms with Crippen LogP contribution in [-0.4, -0.2) is 15.1 Å². The van der Waals surface area contributed by atoms with Crippen molar-refractivity contribution in [1.29, 1.82) is 0 Å². The first-order chi connectivity index (χ1) is 9.40. The van der Waals surface area contributed by atoms with Gasteiger partial charge in [0.25, 0.3) is 0 Å². The summed E-state index contributed by atoms with van der Waals surface area (Å²) in [5.74, 6) is 0. The summed E-state index contributed by atoms with van der Waals surface area (Å²) in [5.41, 5.74) is 0.106. The summed E-state index contributed by atoms with van der Waals surface area (Å²) < 4.78 is 39.0. The van der Waals surface area contributed by atoms with E-state index in [1.54, 1.807) is 13.0 Å². The second-order valence-corrected chi connectivity index (χ2v) is 5.08. The topological polar surface area (TPSA) is 46.0 Å². The molecule has 3 nitrogen and oxygen atoms in total. The highest BCUT2D eigenvalue weighted by atomic mass is 32.2. The summed E-state index contributed by atoms with van der Waals surface area (Å²) in [4.78, 5) is 8.02. The van der Waals surface area contributed by atoms with E-state index in [1.165, 1.54) is 18.3 Å². The van der Waals surface area contributed by atoms with E-state index in [1.807, 2.05) is 0 Å². The van der Waals surface area contributed by atoms with E-state index in [-0.39, 0.29) is 15.6 Å². The van der Waals surface area contributed by atoms with Crippen molar-refractivity contribution in [3.63, 3.8) is 0 Å². The van der Waals surface area contributed by atoms with Crippen LogP contribution in [0.2, 0.25) is 0 Å². The van der Waals surface area contributed by atoms with E-state index in [0.717, 1.165) is 17.8 Å². The zero-order chi connectivity index (χ0) is 14.8. The maximum absolute atomic E-state index is 13.0. The van der Waals surface area contributed by atoms with Crippen LogP contribution < -0.4 is 0 Å². The number of alkyl halides is 3. The second kappa shape index (κ2) is 5.80. The van der Waals surface area contributed by atoms with Crippen LogP contribution >= 0.6 is 11.8 Å². The third-order valence-corrected chi connectivity index (χ3v) is 3.46. The van der Waals surface area contributed by atoms with Gasteiger partial charge in [-0.15, -0.1) is 0 Å². The van der Waals surface area contributed by atoms with Crippen molar-refractivity contribution in [3.8, 4) is 0 Å². The smallest absolute Gasteiger partial charge is 0.392 e. The molecule has 0 aliphatic heterocycles. The Balaban J connectivity index is 2.41. The van der Waals surface area contributed by atoms with Crippen LogP contribution in [0, 0.1) is 6.92 Å². The van der Waals surface area contributed by atoms with Gasteiger partial charge in [-0.3, -0.25) is 0 Å². The van der Waals surface area contributed by atoms with Crippen LogP contribution in [0.1, 0.15) is 16.8 Å². The van der Waals surface area contributed by atoms with Gasteiger partial charge in [0.05, 0.1) is 12.2 Å². The number of aromatic nitrogens is 2. The van der Waals surface area contributed by atoms with Gasteiger partial charge < -0.3 is 5.11 Å². The summed E-state index contributed by atoms with van der Waals surface area (Å²) >= 11 is 0.851. The third kappa shape index (κ3) is 3.49. The molecule has 0 amide bonds. The molecule has 0 radical (unpaired) electrons. The molecule has 7 heteroatoms. The lowest BCUT2D eigenvalue weighted by atomic mass is 10.1. The maximum atomic E-state index is 13.0. The molecule has 0 unspecified atom stereocenters. The molecule has 0 atom stereocenters. The summed E-state index contributed by atoms with van der Waals surface area (Å²) in [6.07, 6.45) is -2.99. The summed E-state index contributed by atoms with van der Waals surface area (Å²) in [6.45, 7) is 1.31. The van der Waals surface area contributed by atoms with Crippen molar-refractivity contribution in [2.75, 3.05) is 0 Å². The van der Waals surface area contributed by atoms with Gasteiger partial charge in [0.2, 0.25) is 0 Å². The molecule has 106 valence electrons. The molecular weight excluding hydrogens is 289 g/mol. The number of benzene rings is 1. The van der Waals surface area contributed by atoms with E-state index >= 15 is 0 Å². The van der Waals surface area contributed by atoms with Gasteiger partial charge >= 0.3 is 6.18 Å². The number of rotatable bonds is 3. The monoisotopic (exact) mass is 300 g/mol. The molecule has 2 rings (SSSR count). The Morgan fingerprint density at radius 2 is 2.00 bits per heavy atom. The zero-order valence-corrected chi connectivity index (χ0v) is 11.3. The summed E-state index contributed by atoms with van der Waals surface area (Å²) in [5, 5.41) is 9.20. The Hall–Kier alpha value is -1.60. The van der Waals surface area contributed by atoms with Crippen molar-refractivity contribution in [3.05, 3.63) is 47.3 Å². The van der Waals surface area contributed by atoms with Crippen LogP contribution in [0.4, 0.5) is 13.2 Å². The molecule has 20 heavy (non-hydrogen) atoms. The van der Waals surface area contributed by atoms with Gasteiger partial charge in [0.15, 0.2) is 5.16 Å². The van der Waals surface area contributed by atoms with Crippen molar-refractivity contribution in [2.45, 2.75) is 29.8 Å². The van der Waals surface area contributed by atoms with Crippen LogP contribution in [0.15, 0.2) is 40.5 Å². The van der Waals surface area contributed by atoms with E-state index in [4.69, 9.17) is 5.11 Å². The third-order valence-electron chi connectivity index (χ3n) is 2.51. The average molecular weight is 300 g/mol. The molecule has 1 aromatic heterocycles. The lowest BCUT2D eigenvalue weighted by molar-refractivity contribution is -0.139. The number of hydrogen-bond donors (Lipinski definition) is 1.